The second-order valence-electron chi connectivity index (χ2n) is 6.56. The van der Waals surface area contributed by atoms with Crippen LogP contribution in [0.5, 0.6) is 0 Å². The highest BCUT2D eigenvalue weighted by molar-refractivity contribution is 5.19. The van der Waals surface area contributed by atoms with Crippen LogP contribution < -0.4 is 5.32 Å². The molecule has 2 heterocycles. The first-order valence-electron chi connectivity index (χ1n) is 9.60. The molecule has 1 fully saturated rings. The maximum Gasteiger partial charge on any atom is 0.0321 e. The molecule has 1 unspecified atom stereocenters. The van der Waals surface area contributed by atoms with Gasteiger partial charge in [0, 0.05) is 44.3 Å². The zero-order valence-electron chi connectivity index (χ0n) is 17.0. The van der Waals surface area contributed by atoms with Crippen molar-refractivity contribution in [3.05, 3.63) is 66.7 Å². The van der Waals surface area contributed by atoms with Gasteiger partial charge in [0.15, 0.2) is 0 Å². The Labute approximate surface area is 160 Å². The van der Waals surface area contributed by atoms with E-state index in [0.29, 0.717) is 6.04 Å². The molecule has 1 atom stereocenters. The number of pyridine rings is 1. The predicted molar refractivity (Wildman–Crippen MR) is 113 cm³/mol. The summed E-state index contributed by atoms with van der Waals surface area (Å²) >= 11 is 0. The van der Waals surface area contributed by atoms with Gasteiger partial charge in [-0.25, -0.2) is 0 Å². The number of hydrogen-bond donors (Lipinski definition) is 1. The molecule has 0 aromatic carbocycles. The van der Waals surface area contributed by atoms with Gasteiger partial charge in [-0.2, -0.15) is 0 Å². The van der Waals surface area contributed by atoms with Crippen LogP contribution in [-0.2, 0) is 0 Å². The third-order valence-corrected chi connectivity index (χ3v) is 4.67. The van der Waals surface area contributed by atoms with Crippen LogP contribution in [0.3, 0.4) is 0 Å². The molecule has 1 aromatic heterocycles. The third kappa shape index (κ3) is 8.45. The lowest BCUT2D eigenvalue weighted by Gasteiger charge is -2.23. The number of nitrogens with one attached hydrogen (secondary N) is 1. The van der Waals surface area contributed by atoms with Gasteiger partial charge >= 0.3 is 0 Å². The van der Waals surface area contributed by atoms with Gasteiger partial charge in [-0.3, -0.25) is 4.98 Å². The van der Waals surface area contributed by atoms with Crippen molar-refractivity contribution in [1.82, 2.24) is 20.1 Å². The first kappa shape index (κ1) is 22.1. The second-order valence-corrected chi connectivity index (χ2v) is 6.56. The van der Waals surface area contributed by atoms with Crippen LogP contribution in [0.25, 0.3) is 0 Å². The van der Waals surface area contributed by atoms with Gasteiger partial charge < -0.3 is 15.1 Å². The average Bonchev–Trinajstić information content (AvgIpc) is 3.22. The number of rotatable bonds is 8. The molecule has 0 radical (unpaired) electrons. The third-order valence-electron chi connectivity index (χ3n) is 4.67. The Bertz CT molecular complexity index is 545. The van der Waals surface area contributed by atoms with Crippen LogP contribution in [-0.4, -0.2) is 55.1 Å². The Hall–Kier alpha value is -1.91. The fourth-order valence-corrected chi connectivity index (χ4v) is 2.78. The summed E-state index contributed by atoms with van der Waals surface area (Å²) in [6.07, 6.45) is 14.2. The van der Waals surface area contributed by atoms with Gasteiger partial charge in [0.25, 0.3) is 0 Å². The lowest BCUT2D eigenvalue weighted by molar-refractivity contribution is 0.300. The SMILES string of the molecule is C=C/C=C\C(=C/C)N(C)CCN(C)CC.c1cc(C2CCCN2)ccn1. The molecule has 0 saturated carbocycles. The molecule has 4 nitrogen and oxygen atoms in total. The number of aromatic nitrogens is 1. The molecule has 2 rings (SSSR count). The number of nitrogens with zero attached hydrogens (tertiary/aromatic N) is 3. The van der Waals surface area contributed by atoms with E-state index >= 15 is 0 Å². The van der Waals surface area contributed by atoms with E-state index in [2.05, 4.69) is 78.9 Å². The molecule has 1 aliphatic heterocycles. The average molecular weight is 357 g/mol. The van der Waals surface area contributed by atoms with E-state index in [0.717, 1.165) is 26.2 Å². The van der Waals surface area contributed by atoms with Gasteiger partial charge in [0.1, 0.15) is 0 Å². The van der Waals surface area contributed by atoms with Crippen molar-refractivity contribution in [1.29, 1.82) is 0 Å². The monoisotopic (exact) mass is 356 g/mol. The minimum atomic E-state index is 0.581. The second kappa shape index (κ2) is 13.3. The molecule has 0 spiro atoms. The van der Waals surface area contributed by atoms with Crippen LogP contribution >= 0.6 is 0 Å². The van der Waals surface area contributed by atoms with Crippen LogP contribution in [0.4, 0.5) is 0 Å². The zero-order chi connectivity index (χ0) is 19.2. The topological polar surface area (TPSA) is 31.4 Å². The number of hydrogen-bond acceptors (Lipinski definition) is 4. The predicted octanol–water partition coefficient (Wildman–Crippen LogP) is 4.02. The fraction of sp³-hybridized carbons (Fsp3) is 0.500. The lowest BCUT2D eigenvalue weighted by atomic mass is 10.1. The number of allylic oxidation sites excluding steroid dienone is 4. The van der Waals surface area contributed by atoms with Gasteiger partial charge in [0.05, 0.1) is 0 Å². The Kier molecular flexibility index (Phi) is 11.3. The van der Waals surface area contributed by atoms with Crippen LogP contribution in [0.1, 0.15) is 38.3 Å². The smallest absolute Gasteiger partial charge is 0.0321 e. The van der Waals surface area contributed by atoms with Gasteiger partial charge in [-0.15, -0.1) is 0 Å². The highest BCUT2D eigenvalue weighted by Gasteiger charge is 2.14. The molecule has 26 heavy (non-hydrogen) atoms. The summed E-state index contributed by atoms with van der Waals surface area (Å²) in [5, 5.41) is 3.45. The summed E-state index contributed by atoms with van der Waals surface area (Å²) in [6.45, 7) is 12.3. The summed E-state index contributed by atoms with van der Waals surface area (Å²) in [4.78, 5) is 8.55. The lowest BCUT2D eigenvalue weighted by Crippen LogP contribution is -2.29. The van der Waals surface area contributed by atoms with Crippen LogP contribution in [0.15, 0.2) is 61.1 Å². The fourth-order valence-electron chi connectivity index (χ4n) is 2.78. The number of likely N-dealkylation sites (N-methyl/N-ethyl adjacent to an activating group) is 2. The van der Waals surface area contributed by atoms with E-state index < -0.39 is 0 Å². The van der Waals surface area contributed by atoms with Gasteiger partial charge in [0.2, 0.25) is 0 Å². The molecular weight excluding hydrogens is 320 g/mol. The highest BCUT2D eigenvalue weighted by Crippen LogP contribution is 2.21. The molecule has 1 aliphatic rings. The molecular formula is C22H36N4. The van der Waals surface area contributed by atoms with E-state index in [-0.39, 0.29) is 0 Å². The Morgan fingerprint density at radius 3 is 2.58 bits per heavy atom. The zero-order valence-corrected chi connectivity index (χ0v) is 17.0. The standard InChI is InChI=1S/C13H24N2.C9H12N2/c1-6-9-10-13(7-2)15(5)12-11-14(4)8-3;1-2-9(11-5-1)8-3-6-10-7-4-8/h6-7,9-10H,1,8,11-12H2,2-5H3;3-4,6-7,9,11H,1-2,5H2/b10-9-,13-7+;. The van der Waals surface area contributed by atoms with E-state index in [4.69, 9.17) is 0 Å². The van der Waals surface area contributed by atoms with E-state index in [1.54, 1.807) is 6.08 Å². The van der Waals surface area contributed by atoms with E-state index in [1.165, 1.54) is 24.1 Å². The normalized spacial score (nSPS) is 17.3. The quantitative estimate of drug-likeness (QED) is 0.713. The maximum atomic E-state index is 3.99. The first-order chi connectivity index (χ1) is 12.6. The molecule has 144 valence electrons. The molecule has 0 bridgehead atoms. The summed E-state index contributed by atoms with van der Waals surface area (Å²) in [7, 11) is 4.26. The van der Waals surface area contributed by atoms with Crippen molar-refractivity contribution in [2.24, 2.45) is 0 Å². The minimum absolute atomic E-state index is 0.581. The highest BCUT2D eigenvalue weighted by atomic mass is 15.2. The molecule has 0 amide bonds. The van der Waals surface area contributed by atoms with Crippen molar-refractivity contribution in [2.45, 2.75) is 32.7 Å². The van der Waals surface area contributed by atoms with Crippen molar-refractivity contribution >= 4 is 0 Å². The van der Waals surface area contributed by atoms with Crippen molar-refractivity contribution < 1.29 is 0 Å². The van der Waals surface area contributed by atoms with Gasteiger partial charge in [-0.05, 0) is 63.7 Å². The summed E-state index contributed by atoms with van der Waals surface area (Å²) in [6, 6.07) is 4.75. The summed E-state index contributed by atoms with van der Waals surface area (Å²) < 4.78 is 0. The Morgan fingerprint density at radius 1 is 1.31 bits per heavy atom. The van der Waals surface area contributed by atoms with Crippen LogP contribution in [0.2, 0.25) is 0 Å². The van der Waals surface area contributed by atoms with Crippen LogP contribution in [0, 0.1) is 0 Å². The molecule has 1 N–H and O–H groups in total. The van der Waals surface area contributed by atoms with E-state index in [1.807, 2.05) is 18.5 Å². The molecule has 1 aromatic rings. The summed E-state index contributed by atoms with van der Waals surface area (Å²) in [5.41, 5.74) is 2.61. The Morgan fingerprint density at radius 2 is 2.04 bits per heavy atom. The van der Waals surface area contributed by atoms with Crippen molar-refractivity contribution in [3.8, 4) is 0 Å². The van der Waals surface area contributed by atoms with Crippen molar-refractivity contribution in [2.75, 3.05) is 40.3 Å². The summed E-state index contributed by atoms with van der Waals surface area (Å²) in [5.74, 6) is 0. The molecule has 0 aliphatic carbocycles. The first-order valence-corrected chi connectivity index (χ1v) is 9.60. The van der Waals surface area contributed by atoms with E-state index in [9.17, 15) is 0 Å². The van der Waals surface area contributed by atoms with Crippen molar-refractivity contribution in [3.63, 3.8) is 0 Å². The molecule has 1 saturated heterocycles. The van der Waals surface area contributed by atoms with Gasteiger partial charge in [-0.1, -0.05) is 31.7 Å². The Balaban J connectivity index is 0.000000269. The minimum Gasteiger partial charge on any atom is -0.374 e. The molecule has 4 heteroatoms. The largest absolute Gasteiger partial charge is 0.374 e. The maximum absolute atomic E-state index is 3.99.